The zero-order valence-corrected chi connectivity index (χ0v) is 13.2. The summed E-state index contributed by atoms with van der Waals surface area (Å²) in [5, 5.41) is 1.20. The minimum Gasteiger partial charge on any atom is -0.443 e. The highest BCUT2D eigenvalue weighted by atomic mass is 79.9. The van der Waals surface area contributed by atoms with Crippen LogP contribution in [0.15, 0.2) is 18.5 Å². The maximum absolute atomic E-state index is 12.1. The molecule has 1 heterocycles. The second-order valence-electron chi connectivity index (χ2n) is 5.12. The standard InChI is InChI=1S/C13H14BrClN2O2/c1-13(2,3)19-12(18)17-7-16-11-8(6-14)9(15)4-5-10(11)17/h4-5,7H,6H2,1-3H3. The molecule has 2 rings (SSSR count). The fourth-order valence-corrected chi connectivity index (χ4v) is 2.65. The van der Waals surface area contributed by atoms with Crippen LogP contribution in [0.4, 0.5) is 4.79 Å². The van der Waals surface area contributed by atoms with E-state index in [9.17, 15) is 4.79 Å². The lowest BCUT2D eigenvalue weighted by Crippen LogP contribution is -2.26. The van der Waals surface area contributed by atoms with Crippen molar-refractivity contribution in [1.29, 1.82) is 0 Å². The van der Waals surface area contributed by atoms with Crippen LogP contribution >= 0.6 is 27.5 Å². The molecule has 2 aromatic rings. The van der Waals surface area contributed by atoms with Gasteiger partial charge in [0.2, 0.25) is 0 Å². The van der Waals surface area contributed by atoms with Crippen LogP contribution in [0, 0.1) is 0 Å². The molecule has 19 heavy (non-hydrogen) atoms. The molecule has 0 saturated heterocycles. The van der Waals surface area contributed by atoms with Gasteiger partial charge in [-0.2, -0.15) is 0 Å². The number of rotatable bonds is 1. The first-order chi connectivity index (χ1) is 8.83. The number of ether oxygens (including phenoxy) is 1. The molecule has 0 fully saturated rings. The third-order valence-corrected chi connectivity index (χ3v) is 3.40. The first kappa shape index (κ1) is 14.3. The second kappa shape index (κ2) is 5.13. The number of alkyl halides is 1. The van der Waals surface area contributed by atoms with Crippen molar-refractivity contribution in [3.8, 4) is 0 Å². The fraction of sp³-hybridized carbons (Fsp3) is 0.385. The lowest BCUT2D eigenvalue weighted by molar-refractivity contribution is 0.0543. The zero-order chi connectivity index (χ0) is 14.2. The number of nitrogens with zero attached hydrogens (tertiary/aromatic N) is 2. The number of carbonyl (C=O) groups excluding carboxylic acids is 1. The fourth-order valence-electron chi connectivity index (χ4n) is 1.70. The van der Waals surface area contributed by atoms with Gasteiger partial charge in [0.25, 0.3) is 0 Å². The van der Waals surface area contributed by atoms with Crippen molar-refractivity contribution in [2.45, 2.75) is 31.7 Å². The molecule has 0 N–H and O–H groups in total. The van der Waals surface area contributed by atoms with Crippen molar-refractivity contribution >= 4 is 44.7 Å². The van der Waals surface area contributed by atoms with Crippen molar-refractivity contribution in [3.63, 3.8) is 0 Å². The normalized spacial score (nSPS) is 11.8. The number of carbonyl (C=O) groups is 1. The number of aromatic nitrogens is 2. The van der Waals surface area contributed by atoms with Crippen LogP contribution in [0.5, 0.6) is 0 Å². The lowest BCUT2D eigenvalue weighted by Gasteiger charge is -2.19. The maximum atomic E-state index is 12.1. The molecule has 102 valence electrons. The van der Waals surface area contributed by atoms with Crippen LogP contribution < -0.4 is 0 Å². The van der Waals surface area contributed by atoms with Gasteiger partial charge >= 0.3 is 6.09 Å². The van der Waals surface area contributed by atoms with Gasteiger partial charge in [-0.15, -0.1) is 0 Å². The maximum Gasteiger partial charge on any atom is 0.420 e. The Kier molecular flexibility index (Phi) is 3.87. The van der Waals surface area contributed by atoms with Crippen molar-refractivity contribution < 1.29 is 9.53 Å². The predicted molar refractivity (Wildman–Crippen MR) is 79.0 cm³/mol. The zero-order valence-electron chi connectivity index (χ0n) is 10.9. The molecule has 0 radical (unpaired) electrons. The van der Waals surface area contributed by atoms with E-state index >= 15 is 0 Å². The molecule has 0 spiro atoms. The first-order valence-corrected chi connectivity index (χ1v) is 7.27. The van der Waals surface area contributed by atoms with E-state index in [0.717, 1.165) is 5.56 Å². The Hall–Kier alpha value is -1.07. The summed E-state index contributed by atoms with van der Waals surface area (Å²) in [6, 6.07) is 3.52. The van der Waals surface area contributed by atoms with Crippen molar-refractivity contribution in [3.05, 3.63) is 29.0 Å². The summed E-state index contributed by atoms with van der Waals surface area (Å²) < 4.78 is 6.73. The van der Waals surface area contributed by atoms with Gasteiger partial charge in [-0.1, -0.05) is 27.5 Å². The Balaban J connectivity index is 2.50. The topological polar surface area (TPSA) is 44.1 Å². The molecule has 0 aliphatic heterocycles. The summed E-state index contributed by atoms with van der Waals surface area (Å²) in [5.41, 5.74) is 1.71. The molecule has 0 unspecified atom stereocenters. The van der Waals surface area contributed by atoms with Gasteiger partial charge in [-0.3, -0.25) is 0 Å². The van der Waals surface area contributed by atoms with Crippen molar-refractivity contribution in [2.24, 2.45) is 0 Å². The summed E-state index contributed by atoms with van der Waals surface area (Å²) >= 11 is 9.48. The van der Waals surface area contributed by atoms with Crippen LogP contribution in [-0.2, 0) is 10.1 Å². The number of fused-ring (bicyclic) bond motifs is 1. The molecule has 0 amide bonds. The molecular formula is C13H14BrClN2O2. The van der Waals surface area contributed by atoms with Crippen molar-refractivity contribution in [2.75, 3.05) is 0 Å². The van der Waals surface area contributed by atoms with E-state index in [-0.39, 0.29) is 0 Å². The van der Waals surface area contributed by atoms with Gasteiger partial charge in [-0.25, -0.2) is 14.3 Å². The quantitative estimate of drug-likeness (QED) is 0.721. The van der Waals surface area contributed by atoms with Crippen LogP contribution in [0.2, 0.25) is 5.02 Å². The highest BCUT2D eigenvalue weighted by Gasteiger charge is 2.20. The lowest BCUT2D eigenvalue weighted by atomic mass is 10.2. The number of hydrogen-bond donors (Lipinski definition) is 0. The Bertz CT molecular complexity index is 631. The SMILES string of the molecule is CC(C)(C)OC(=O)n1cnc2c(CBr)c(Cl)ccc21. The van der Waals surface area contributed by atoms with E-state index < -0.39 is 11.7 Å². The monoisotopic (exact) mass is 344 g/mol. The van der Waals surface area contributed by atoms with Gasteiger partial charge in [0, 0.05) is 15.9 Å². The van der Waals surface area contributed by atoms with E-state index in [1.165, 1.54) is 10.9 Å². The predicted octanol–water partition coefficient (Wildman–Crippen LogP) is 4.37. The molecule has 0 bridgehead atoms. The van der Waals surface area contributed by atoms with E-state index in [2.05, 4.69) is 20.9 Å². The summed E-state index contributed by atoms with van der Waals surface area (Å²) in [4.78, 5) is 16.3. The molecule has 4 nitrogen and oxygen atoms in total. The highest BCUT2D eigenvalue weighted by Crippen LogP contribution is 2.27. The van der Waals surface area contributed by atoms with Crippen LogP contribution in [-0.4, -0.2) is 21.2 Å². The first-order valence-electron chi connectivity index (χ1n) is 5.77. The number of imidazole rings is 1. The third kappa shape index (κ3) is 2.92. The Morgan fingerprint density at radius 2 is 2.16 bits per heavy atom. The third-order valence-electron chi connectivity index (χ3n) is 2.49. The Morgan fingerprint density at radius 3 is 2.74 bits per heavy atom. The Morgan fingerprint density at radius 1 is 1.47 bits per heavy atom. The molecule has 1 aromatic heterocycles. The van der Waals surface area contributed by atoms with Gasteiger partial charge in [0.1, 0.15) is 11.9 Å². The smallest absolute Gasteiger partial charge is 0.420 e. The van der Waals surface area contributed by atoms with Crippen LogP contribution in [0.1, 0.15) is 26.3 Å². The van der Waals surface area contributed by atoms with E-state index in [0.29, 0.717) is 21.4 Å². The highest BCUT2D eigenvalue weighted by molar-refractivity contribution is 9.08. The van der Waals surface area contributed by atoms with E-state index in [4.69, 9.17) is 16.3 Å². The summed E-state index contributed by atoms with van der Waals surface area (Å²) in [5.74, 6) is 0. The average Bonchev–Trinajstić information content (AvgIpc) is 2.70. The van der Waals surface area contributed by atoms with E-state index in [1.807, 2.05) is 20.8 Å². The largest absolute Gasteiger partial charge is 0.443 e. The average molecular weight is 346 g/mol. The molecule has 0 saturated carbocycles. The number of benzene rings is 1. The summed E-state index contributed by atoms with van der Waals surface area (Å²) in [6.07, 6.45) is 1.01. The summed E-state index contributed by atoms with van der Waals surface area (Å²) in [6.45, 7) is 5.47. The molecule has 6 heteroatoms. The van der Waals surface area contributed by atoms with Gasteiger partial charge in [0.05, 0.1) is 11.0 Å². The van der Waals surface area contributed by atoms with E-state index in [1.54, 1.807) is 12.1 Å². The molecular weight excluding hydrogens is 332 g/mol. The van der Waals surface area contributed by atoms with Gasteiger partial charge in [-0.05, 0) is 32.9 Å². The van der Waals surface area contributed by atoms with Crippen LogP contribution in [0.25, 0.3) is 11.0 Å². The number of halogens is 2. The number of hydrogen-bond acceptors (Lipinski definition) is 3. The molecule has 0 aliphatic carbocycles. The van der Waals surface area contributed by atoms with Gasteiger partial charge in [0.15, 0.2) is 0 Å². The molecule has 0 atom stereocenters. The van der Waals surface area contributed by atoms with Gasteiger partial charge < -0.3 is 4.74 Å². The molecule has 0 aliphatic rings. The van der Waals surface area contributed by atoms with Crippen molar-refractivity contribution in [1.82, 2.24) is 9.55 Å². The Labute approximate surface area is 124 Å². The minimum absolute atomic E-state index is 0.446. The molecule has 1 aromatic carbocycles. The minimum atomic E-state index is -0.543. The summed E-state index contributed by atoms with van der Waals surface area (Å²) in [7, 11) is 0. The van der Waals surface area contributed by atoms with Crippen LogP contribution in [0.3, 0.4) is 0 Å². The second-order valence-corrected chi connectivity index (χ2v) is 6.09.